The Bertz CT molecular complexity index is 938. The second-order valence-electron chi connectivity index (χ2n) is 7.29. The first-order valence-electron chi connectivity index (χ1n) is 9.42. The average molecular weight is 393 g/mol. The monoisotopic (exact) mass is 393 g/mol. The molecule has 0 saturated carbocycles. The Kier molecular flexibility index (Phi) is 5.77. The van der Waals surface area contributed by atoms with Crippen LogP contribution in [0.5, 0.6) is 0 Å². The molecule has 7 heteroatoms. The molecule has 0 radical (unpaired) electrons. The van der Waals surface area contributed by atoms with Crippen molar-refractivity contribution < 1.29 is 19.2 Å². The molecule has 0 aliphatic carbocycles. The predicted octanol–water partition coefficient (Wildman–Crippen LogP) is 2.46. The number of aryl methyl sites for hydroxylation is 1. The lowest BCUT2D eigenvalue weighted by Crippen LogP contribution is -2.55. The van der Waals surface area contributed by atoms with E-state index in [0.29, 0.717) is 11.3 Å². The van der Waals surface area contributed by atoms with Crippen LogP contribution in [0.4, 0.5) is 5.69 Å². The molecule has 1 fully saturated rings. The number of hydrogen-bond acceptors (Lipinski definition) is 4. The highest BCUT2D eigenvalue weighted by atomic mass is 16.2. The van der Waals surface area contributed by atoms with E-state index in [1.165, 1.54) is 0 Å². The molecule has 7 nitrogen and oxygen atoms in total. The number of carbonyl (C=O) groups is 4. The Labute approximate surface area is 169 Å². The number of amides is 4. The van der Waals surface area contributed by atoms with E-state index in [4.69, 9.17) is 0 Å². The molecule has 1 atom stereocenters. The molecule has 2 aromatic rings. The predicted molar refractivity (Wildman–Crippen MR) is 108 cm³/mol. The Morgan fingerprint density at radius 3 is 2.24 bits per heavy atom. The molecule has 1 unspecified atom stereocenters. The van der Waals surface area contributed by atoms with E-state index < -0.39 is 35.6 Å². The molecule has 0 bridgehead atoms. The third-order valence-electron chi connectivity index (χ3n) is 4.72. The van der Waals surface area contributed by atoms with Gasteiger partial charge in [-0.25, -0.2) is 9.91 Å². The second-order valence-corrected chi connectivity index (χ2v) is 7.29. The van der Waals surface area contributed by atoms with Crippen molar-refractivity contribution >= 4 is 29.3 Å². The van der Waals surface area contributed by atoms with E-state index in [2.05, 4.69) is 5.43 Å². The summed E-state index contributed by atoms with van der Waals surface area (Å²) in [5.74, 6) is -2.39. The van der Waals surface area contributed by atoms with Gasteiger partial charge in [-0.3, -0.25) is 24.6 Å². The van der Waals surface area contributed by atoms with E-state index >= 15 is 0 Å². The molecule has 4 amide bonds. The van der Waals surface area contributed by atoms with Crippen molar-refractivity contribution in [3.8, 4) is 0 Å². The van der Waals surface area contributed by atoms with Gasteiger partial charge in [-0.1, -0.05) is 49.7 Å². The normalized spacial score (nSPS) is 16.3. The Morgan fingerprint density at radius 2 is 1.66 bits per heavy atom. The number of benzene rings is 2. The summed E-state index contributed by atoms with van der Waals surface area (Å²) in [6.45, 7) is 5.24. The molecule has 0 aromatic heterocycles. The number of hydrazine groups is 1. The lowest BCUT2D eigenvalue weighted by Gasteiger charge is -2.29. The molecule has 1 N–H and O–H groups in total. The second kappa shape index (κ2) is 8.26. The largest absolute Gasteiger partial charge is 0.274 e. The summed E-state index contributed by atoms with van der Waals surface area (Å²) in [5, 5.41) is 1.01. The van der Waals surface area contributed by atoms with Crippen molar-refractivity contribution in [2.45, 2.75) is 33.2 Å². The van der Waals surface area contributed by atoms with E-state index in [9.17, 15) is 19.2 Å². The maximum Gasteiger partial charge on any atom is 0.269 e. The number of nitrogens with one attached hydrogen (secondary N) is 1. The van der Waals surface area contributed by atoms with Crippen LogP contribution < -0.4 is 10.3 Å². The van der Waals surface area contributed by atoms with Crippen LogP contribution in [0.15, 0.2) is 54.6 Å². The molecule has 29 heavy (non-hydrogen) atoms. The molecular formula is C22H23N3O4. The lowest BCUT2D eigenvalue weighted by molar-refractivity contribution is -0.143. The number of imide groups is 1. The standard InChI is InChI=1S/C22H23N3O4/c1-14(2)21(28)25(23-20(27)16-11-9-15(3)10-12-16)18-13-19(26)24(22(18)29)17-7-5-4-6-8-17/h4-12,14,18H,13H2,1-3H3,(H,23,27). The Balaban J connectivity index is 1.88. The van der Waals surface area contributed by atoms with Gasteiger partial charge in [0.15, 0.2) is 0 Å². The van der Waals surface area contributed by atoms with Crippen LogP contribution in [0.1, 0.15) is 36.2 Å². The maximum atomic E-state index is 13.0. The summed E-state index contributed by atoms with van der Waals surface area (Å²) in [4.78, 5) is 52.1. The third kappa shape index (κ3) is 4.18. The van der Waals surface area contributed by atoms with Crippen molar-refractivity contribution in [1.29, 1.82) is 0 Å². The van der Waals surface area contributed by atoms with Gasteiger partial charge in [0, 0.05) is 11.5 Å². The summed E-state index contributed by atoms with van der Waals surface area (Å²) < 4.78 is 0. The molecule has 1 aliphatic rings. The molecule has 1 saturated heterocycles. The first-order valence-corrected chi connectivity index (χ1v) is 9.42. The first-order chi connectivity index (χ1) is 13.8. The summed E-state index contributed by atoms with van der Waals surface area (Å²) in [7, 11) is 0. The SMILES string of the molecule is Cc1ccc(C(=O)NN(C(=O)C(C)C)C2CC(=O)N(c3ccccc3)C2=O)cc1. The third-order valence-corrected chi connectivity index (χ3v) is 4.72. The summed E-state index contributed by atoms with van der Waals surface area (Å²) in [6, 6.07) is 14.3. The summed E-state index contributed by atoms with van der Waals surface area (Å²) >= 11 is 0. The Hall–Kier alpha value is -3.48. The van der Waals surface area contributed by atoms with Gasteiger partial charge in [0.2, 0.25) is 11.8 Å². The fourth-order valence-electron chi connectivity index (χ4n) is 3.11. The highest BCUT2D eigenvalue weighted by Gasteiger charge is 2.45. The minimum absolute atomic E-state index is 0.194. The van der Waals surface area contributed by atoms with Crippen LogP contribution in [0.2, 0.25) is 0 Å². The summed E-state index contributed by atoms with van der Waals surface area (Å²) in [6.07, 6.45) is -0.194. The van der Waals surface area contributed by atoms with Crippen LogP contribution in [0.25, 0.3) is 0 Å². The van der Waals surface area contributed by atoms with Crippen LogP contribution in [-0.4, -0.2) is 34.7 Å². The molecule has 1 heterocycles. The van der Waals surface area contributed by atoms with Crippen LogP contribution in [-0.2, 0) is 14.4 Å². The number of anilines is 1. The smallest absolute Gasteiger partial charge is 0.269 e. The number of nitrogens with zero attached hydrogens (tertiary/aromatic N) is 2. The molecule has 0 spiro atoms. The van der Waals surface area contributed by atoms with Gasteiger partial charge in [0.25, 0.3) is 11.8 Å². The van der Waals surface area contributed by atoms with Crippen LogP contribution in [0, 0.1) is 12.8 Å². The van der Waals surface area contributed by atoms with Gasteiger partial charge < -0.3 is 0 Å². The zero-order valence-electron chi connectivity index (χ0n) is 16.6. The fourth-order valence-corrected chi connectivity index (χ4v) is 3.11. The van der Waals surface area contributed by atoms with E-state index in [1.807, 2.05) is 6.92 Å². The van der Waals surface area contributed by atoms with Gasteiger partial charge in [-0.15, -0.1) is 0 Å². The lowest BCUT2D eigenvalue weighted by atomic mass is 10.1. The van der Waals surface area contributed by atoms with Crippen LogP contribution >= 0.6 is 0 Å². The zero-order chi connectivity index (χ0) is 21.1. The van der Waals surface area contributed by atoms with Gasteiger partial charge in [0.1, 0.15) is 6.04 Å². The fraction of sp³-hybridized carbons (Fsp3) is 0.273. The van der Waals surface area contributed by atoms with Gasteiger partial charge in [-0.2, -0.15) is 0 Å². The highest BCUT2D eigenvalue weighted by molar-refractivity contribution is 6.23. The molecular weight excluding hydrogens is 370 g/mol. The Morgan fingerprint density at radius 1 is 1.03 bits per heavy atom. The molecule has 150 valence electrons. The van der Waals surface area contributed by atoms with Crippen LogP contribution in [0.3, 0.4) is 0 Å². The summed E-state index contributed by atoms with van der Waals surface area (Å²) in [5.41, 5.74) is 4.33. The zero-order valence-corrected chi connectivity index (χ0v) is 16.6. The van der Waals surface area contributed by atoms with E-state index in [-0.39, 0.29) is 6.42 Å². The average Bonchev–Trinajstić information content (AvgIpc) is 3.00. The number of carbonyl (C=O) groups excluding carboxylic acids is 4. The van der Waals surface area contributed by atoms with Gasteiger partial charge >= 0.3 is 0 Å². The van der Waals surface area contributed by atoms with Crippen molar-refractivity contribution in [2.75, 3.05) is 4.90 Å². The van der Waals surface area contributed by atoms with Crippen molar-refractivity contribution in [1.82, 2.24) is 10.4 Å². The number of para-hydroxylation sites is 1. The molecule has 3 rings (SSSR count). The van der Waals surface area contributed by atoms with Gasteiger partial charge in [-0.05, 0) is 31.2 Å². The topological polar surface area (TPSA) is 86.8 Å². The first kappa shape index (κ1) is 20.3. The minimum Gasteiger partial charge on any atom is -0.274 e. The van der Waals surface area contributed by atoms with Crippen molar-refractivity contribution in [2.24, 2.45) is 5.92 Å². The molecule has 2 aromatic carbocycles. The van der Waals surface area contributed by atoms with Gasteiger partial charge in [0.05, 0.1) is 12.1 Å². The quantitative estimate of drug-likeness (QED) is 0.639. The van der Waals surface area contributed by atoms with Crippen molar-refractivity contribution in [3.05, 3.63) is 65.7 Å². The highest BCUT2D eigenvalue weighted by Crippen LogP contribution is 2.25. The van der Waals surface area contributed by atoms with E-state index in [0.717, 1.165) is 15.5 Å². The number of hydrogen-bond donors (Lipinski definition) is 1. The minimum atomic E-state index is -1.09. The van der Waals surface area contributed by atoms with E-state index in [1.54, 1.807) is 68.4 Å². The van der Waals surface area contributed by atoms with Crippen molar-refractivity contribution in [3.63, 3.8) is 0 Å². The number of rotatable bonds is 4. The maximum absolute atomic E-state index is 13.0. The molecule has 1 aliphatic heterocycles.